The number of halogens is 1. The van der Waals surface area contributed by atoms with Crippen molar-refractivity contribution in [3.8, 4) is 0 Å². The van der Waals surface area contributed by atoms with Crippen LogP contribution in [-0.4, -0.2) is 36.2 Å². The van der Waals surface area contributed by atoms with Crippen molar-refractivity contribution in [1.29, 1.82) is 0 Å². The number of carbonyl (C=O) groups excluding carboxylic acids is 1. The van der Waals surface area contributed by atoms with Gasteiger partial charge in [0, 0.05) is 24.5 Å². The van der Waals surface area contributed by atoms with E-state index in [-0.39, 0.29) is 5.91 Å². The predicted octanol–water partition coefficient (Wildman–Crippen LogP) is 1.21. The van der Waals surface area contributed by atoms with Crippen molar-refractivity contribution in [2.24, 2.45) is 0 Å². The second-order valence-electron chi connectivity index (χ2n) is 2.80. The minimum Gasteiger partial charge on any atom is -0.381 e. The van der Waals surface area contributed by atoms with E-state index in [4.69, 9.17) is 4.74 Å². The Morgan fingerprint density at radius 2 is 2.47 bits per heavy atom. The summed E-state index contributed by atoms with van der Waals surface area (Å²) < 4.78 is 9.78. The molecule has 0 saturated heterocycles. The molecule has 0 spiro atoms. The van der Waals surface area contributed by atoms with Crippen LogP contribution < -0.4 is 5.32 Å². The first-order valence-electron chi connectivity index (χ1n) is 4.67. The van der Waals surface area contributed by atoms with E-state index in [1.54, 1.807) is 0 Å². The van der Waals surface area contributed by atoms with Crippen LogP contribution in [0.5, 0.6) is 0 Å². The fourth-order valence-corrected chi connectivity index (χ4v) is 1.18. The summed E-state index contributed by atoms with van der Waals surface area (Å²) in [5, 5.41) is 7.06. The number of amides is 1. The van der Waals surface area contributed by atoms with Crippen LogP contribution in [0.3, 0.4) is 0 Å². The van der Waals surface area contributed by atoms with Crippen molar-refractivity contribution in [3.05, 3.63) is 18.0 Å². The first-order valence-corrected chi connectivity index (χ1v) is 5.79. The Morgan fingerprint density at radius 1 is 1.60 bits per heavy atom. The highest BCUT2D eigenvalue weighted by atomic mass is 79.9. The molecule has 0 fully saturated rings. The first-order chi connectivity index (χ1) is 7.34. The van der Waals surface area contributed by atoms with Gasteiger partial charge in [-0.25, -0.2) is 0 Å². The van der Waals surface area contributed by atoms with E-state index in [2.05, 4.69) is 30.9 Å². The maximum atomic E-state index is 11.3. The third-order valence-electron chi connectivity index (χ3n) is 1.64. The summed E-state index contributed by atoms with van der Waals surface area (Å²) in [5.41, 5.74) is 0.302. The highest BCUT2D eigenvalue weighted by molar-refractivity contribution is 9.09. The predicted molar refractivity (Wildman–Crippen MR) is 58.1 cm³/mol. The lowest BCUT2D eigenvalue weighted by Crippen LogP contribution is -2.25. The number of ether oxygens (including phenoxy) is 1. The van der Waals surface area contributed by atoms with Gasteiger partial charge in [0.05, 0.1) is 6.61 Å². The minimum absolute atomic E-state index is 0.218. The summed E-state index contributed by atoms with van der Waals surface area (Å²) in [6, 6.07) is 1.52. The molecular weight excluding hydrogens is 264 g/mol. The van der Waals surface area contributed by atoms with Gasteiger partial charge in [-0.05, 0) is 6.42 Å². The van der Waals surface area contributed by atoms with Crippen LogP contribution in [-0.2, 0) is 4.74 Å². The molecule has 0 bridgehead atoms. The van der Waals surface area contributed by atoms with E-state index >= 15 is 0 Å². The van der Waals surface area contributed by atoms with Crippen molar-refractivity contribution >= 4 is 21.8 Å². The van der Waals surface area contributed by atoms with Gasteiger partial charge in [0.15, 0.2) is 5.69 Å². The van der Waals surface area contributed by atoms with E-state index < -0.39 is 0 Å². The number of carbonyl (C=O) groups is 1. The maximum absolute atomic E-state index is 11.3. The summed E-state index contributed by atoms with van der Waals surface area (Å²) in [7, 11) is 0. The third kappa shape index (κ3) is 4.94. The largest absolute Gasteiger partial charge is 0.381 e. The Labute approximate surface area is 96.3 Å². The summed E-state index contributed by atoms with van der Waals surface area (Å²) in [6.45, 7) is 1.91. The van der Waals surface area contributed by atoms with E-state index in [1.165, 1.54) is 12.3 Å². The molecule has 84 valence electrons. The summed E-state index contributed by atoms with van der Waals surface area (Å²) in [5.74, 6) is -0.218. The van der Waals surface area contributed by atoms with Crippen LogP contribution in [0.15, 0.2) is 16.9 Å². The average Bonchev–Trinajstić information content (AvgIpc) is 2.76. The molecule has 0 atom stereocenters. The second-order valence-corrected chi connectivity index (χ2v) is 3.59. The molecule has 1 aromatic heterocycles. The molecule has 1 rings (SSSR count). The van der Waals surface area contributed by atoms with E-state index in [1.807, 2.05) is 0 Å². The number of hydrogen-bond donors (Lipinski definition) is 1. The van der Waals surface area contributed by atoms with Gasteiger partial charge in [0.2, 0.25) is 0 Å². The number of alkyl halides is 1. The van der Waals surface area contributed by atoms with Crippen molar-refractivity contribution < 1.29 is 14.1 Å². The average molecular weight is 277 g/mol. The minimum atomic E-state index is -0.218. The van der Waals surface area contributed by atoms with Crippen molar-refractivity contribution in [2.75, 3.05) is 25.1 Å². The SMILES string of the molecule is O=C(NCCCOCCBr)c1ccon1. The van der Waals surface area contributed by atoms with E-state index in [9.17, 15) is 4.79 Å². The van der Waals surface area contributed by atoms with Crippen LogP contribution >= 0.6 is 15.9 Å². The number of nitrogens with zero attached hydrogens (tertiary/aromatic N) is 1. The van der Waals surface area contributed by atoms with Gasteiger partial charge in [0.25, 0.3) is 5.91 Å². The van der Waals surface area contributed by atoms with Gasteiger partial charge >= 0.3 is 0 Å². The molecule has 0 aliphatic heterocycles. The number of hydrogen-bond acceptors (Lipinski definition) is 4. The summed E-state index contributed by atoms with van der Waals surface area (Å²) in [4.78, 5) is 11.3. The molecule has 0 unspecified atom stereocenters. The van der Waals surface area contributed by atoms with Gasteiger partial charge in [-0.15, -0.1) is 0 Å². The molecule has 1 N–H and O–H groups in total. The molecule has 6 heteroatoms. The van der Waals surface area contributed by atoms with Gasteiger partial charge in [-0.3, -0.25) is 4.79 Å². The lowest BCUT2D eigenvalue weighted by atomic mass is 10.4. The van der Waals surface area contributed by atoms with E-state index in [0.717, 1.165) is 11.8 Å². The van der Waals surface area contributed by atoms with Gasteiger partial charge in [0.1, 0.15) is 6.26 Å². The topological polar surface area (TPSA) is 64.4 Å². The van der Waals surface area contributed by atoms with Crippen LogP contribution in [0.25, 0.3) is 0 Å². The number of aromatic nitrogens is 1. The molecular formula is C9H13BrN2O3. The Morgan fingerprint density at radius 3 is 3.13 bits per heavy atom. The van der Waals surface area contributed by atoms with Gasteiger partial charge < -0.3 is 14.6 Å². The summed E-state index contributed by atoms with van der Waals surface area (Å²) in [6.07, 6.45) is 2.16. The maximum Gasteiger partial charge on any atom is 0.273 e. The third-order valence-corrected chi connectivity index (χ3v) is 1.97. The van der Waals surface area contributed by atoms with Gasteiger partial charge in [-0.1, -0.05) is 21.1 Å². The zero-order chi connectivity index (χ0) is 10.9. The fraction of sp³-hybridized carbons (Fsp3) is 0.556. The van der Waals surface area contributed by atoms with Crippen molar-refractivity contribution in [2.45, 2.75) is 6.42 Å². The molecule has 15 heavy (non-hydrogen) atoms. The Kier molecular flexibility index (Phi) is 6.03. The molecule has 0 aliphatic carbocycles. The van der Waals surface area contributed by atoms with Gasteiger partial charge in [-0.2, -0.15) is 0 Å². The van der Waals surface area contributed by atoms with E-state index in [0.29, 0.717) is 25.5 Å². The normalized spacial score (nSPS) is 10.2. The smallest absolute Gasteiger partial charge is 0.273 e. The Bertz CT molecular complexity index is 277. The standard InChI is InChI=1S/C9H13BrN2O3/c10-3-7-14-5-1-4-11-9(13)8-2-6-15-12-8/h2,6H,1,3-5,7H2,(H,11,13). The molecule has 0 radical (unpaired) electrons. The van der Waals surface area contributed by atoms with Crippen molar-refractivity contribution in [1.82, 2.24) is 10.5 Å². The summed E-state index contributed by atoms with van der Waals surface area (Å²) >= 11 is 3.25. The fourth-order valence-electron chi connectivity index (χ4n) is 0.953. The number of rotatable bonds is 7. The Hall–Kier alpha value is -0.880. The Balaban J connectivity index is 2.03. The molecule has 1 heterocycles. The molecule has 5 nitrogen and oxygen atoms in total. The monoisotopic (exact) mass is 276 g/mol. The van der Waals surface area contributed by atoms with Crippen LogP contribution in [0.2, 0.25) is 0 Å². The quantitative estimate of drug-likeness (QED) is 0.601. The van der Waals surface area contributed by atoms with Crippen LogP contribution in [0.4, 0.5) is 0 Å². The highest BCUT2D eigenvalue weighted by Crippen LogP contribution is 1.93. The lowest BCUT2D eigenvalue weighted by molar-refractivity contribution is 0.0936. The molecule has 1 amide bonds. The van der Waals surface area contributed by atoms with Crippen LogP contribution in [0, 0.1) is 0 Å². The number of nitrogens with one attached hydrogen (secondary N) is 1. The van der Waals surface area contributed by atoms with Crippen molar-refractivity contribution in [3.63, 3.8) is 0 Å². The lowest BCUT2D eigenvalue weighted by Gasteiger charge is -2.03. The highest BCUT2D eigenvalue weighted by Gasteiger charge is 2.06. The molecule has 0 aliphatic rings. The first kappa shape index (κ1) is 12.2. The molecule has 0 aromatic carbocycles. The molecule has 0 saturated carbocycles. The zero-order valence-corrected chi connectivity index (χ0v) is 9.83. The molecule has 1 aromatic rings. The second kappa shape index (κ2) is 7.42. The zero-order valence-electron chi connectivity index (χ0n) is 8.24. The van der Waals surface area contributed by atoms with Crippen LogP contribution in [0.1, 0.15) is 16.9 Å².